The quantitative estimate of drug-likeness (QED) is 0.623. The Bertz CT molecular complexity index is 935. The number of hydrogen-bond donors (Lipinski definition) is 0. The van der Waals surface area contributed by atoms with E-state index in [0.29, 0.717) is 18.0 Å². The number of methoxy groups -OCH3 is 1. The first-order valence-corrected chi connectivity index (χ1v) is 8.15. The second-order valence-electron chi connectivity index (χ2n) is 5.34. The number of aromatic nitrogens is 2. The molecule has 0 spiro atoms. The zero-order valence-electron chi connectivity index (χ0n) is 12.8. The van der Waals surface area contributed by atoms with Crippen LogP contribution in [0, 0.1) is 0 Å². The first-order chi connectivity index (χ1) is 11.7. The maximum Gasteiger partial charge on any atom is 0.337 e. The van der Waals surface area contributed by atoms with Gasteiger partial charge in [0.1, 0.15) is 16.2 Å². The minimum atomic E-state index is -0.385. The molecule has 120 valence electrons. The van der Waals surface area contributed by atoms with E-state index in [4.69, 9.17) is 9.47 Å². The number of hydrogen-bond acceptors (Lipinski definition) is 4. The van der Waals surface area contributed by atoms with Crippen LogP contribution in [0.3, 0.4) is 0 Å². The fraction of sp³-hybridized carbons (Fsp3) is 0.111. The van der Waals surface area contributed by atoms with Crippen LogP contribution in [0.2, 0.25) is 0 Å². The van der Waals surface area contributed by atoms with Gasteiger partial charge in [-0.3, -0.25) is 4.57 Å². The molecule has 0 radical (unpaired) electrons. The number of nitrogens with zero attached hydrogens (tertiary/aromatic N) is 2. The lowest BCUT2D eigenvalue weighted by molar-refractivity contribution is 0.0600. The third-order valence-corrected chi connectivity index (χ3v) is 4.52. The summed E-state index contributed by atoms with van der Waals surface area (Å²) in [4.78, 5) is 16.4. The molecule has 0 amide bonds. The smallest absolute Gasteiger partial charge is 0.337 e. The molecule has 6 heteroatoms. The number of fused-ring (bicyclic) bond motifs is 3. The van der Waals surface area contributed by atoms with Crippen molar-refractivity contribution in [2.45, 2.75) is 6.73 Å². The van der Waals surface area contributed by atoms with Gasteiger partial charge in [-0.15, -0.1) is 0 Å². The molecule has 1 aliphatic rings. The van der Waals surface area contributed by atoms with Crippen LogP contribution in [0.25, 0.3) is 22.6 Å². The highest BCUT2D eigenvalue weighted by molar-refractivity contribution is 9.10. The normalized spacial score (nSPS) is 12.1. The van der Waals surface area contributed by atoms with E-state index in [-0.39, 0.29) is 5.97 Å². The summed E-state index contributed by atoms with van der Waals surface area (Å²) in [6.45, 7) is 0.364. The Kier molecular flexibility index (Phi) is 3.61. The lowest BCUT2D eigenvalue weighted by Crippen LogP contribution is -2.14. The van der Waals surface area contributed by atoms with E-state index in [1.54, 1.807) is 18.2 Å². The van der Waals surface area contributed by atoms with Crippen molar-refractivity contribution in [1.82, 2.24) is 9.55 Å². The van der Waals surface area contributed by atoms with Gasteiger partial charge in [-0.1, -0.05) is 30.3 Å². The summed E-state index contributed by atoms with van der Waals surface area (Å²) in [7, 11) is 1.36. The van der Waals surface area contributed by atoms with E-state index in [1.165, 1.54) is 7.11 Å². The van der Waals surface area contributed by atoms with Crippen LogP contribution in [0.4, 0.5) is 0 Å². The van der Waals surface area contributed by atoms with Gasteiger partial charge in [-0.25, -0.2) is 9.78 Å². The third-order valence-electron chi connectivity index (χ3n) is 3.96. The average molecular weight is 385 g/mol. The van der Waals surface area contributed by atoms with Crippen molar-refractivity contribution in [3.63, 3.8) is 0 Å². The summed E-state index contributed by atoms with van der Waals surface area (Å²) in [6, 6.07) is 15.2. The predicted octanol–water partition coefficient (Wildman–Crippen LogP) is 4.12. The molecular weight excluding hydrogens is 372 g/mol. The lowest BCUT2D eigenvalue weighted by Gasteiger charge is -2.21. The molecule has 24 heavy (non-hydrogen) atoms. The van der Waals surface area contributed by atoms with Crippen LogP contribution in [-0.4, -0.2) is 22.6 Å². The third kappa shape index (κ3) is 2.30. The summed E-state index contributed by atoms with van der Waals surface area (Å²) in [5.41, 5.74) is 3.22. The molecule has 5 nitrogen and oxygen atoms in total. The SMILES string of the molecule is COC(=O)c1ccc2c(c1)-c1nc(Br)c(-c3ccccc3)n1CO2. The molecule has 1 aliphatic heterocycles. The van der Waals surface area contributed by atoms with Gasteiger partial charge in [0, 0.05) is 5.56 Å². The second kappa shape index (κ2) is 5.79. The van der Waals surface area contributed by atoms with Gasteiger partial charge in [-0.2, -0.15) is 0 Å². The largest absolute Gasteiger partial charge is 0.472 e. The van der Waals surface area contributed by atoms with E-state index >= 15 is 0 Å². The lowest BCUT2D eigenvalue weighted by atomic mass is 10.1. The highest BCUT2D eigenvalue weighted by Crippen LogP contribution is 2.40. The standard InChI is InChI=1S/C18H13BrN2O3/c1-23-18(22)12-7-8-14-13(9-12)17-20-16(19)15(21(17)10-24-14)11-5-3-2-4-6-11/h2-9H,10H2,1H3. The fourth-order valence-electron chi connectivity index (χ4n) is 2.84. The van der Waals surface area contributed by atoms with Crippen LogP contribution >= 0.6 is 15.9 Å². The molecule has 0 saturated carbocycles. The maximum absolute atomic E-state index is 11.8. The molecule has 0 atom stereocenters. The Morgan fingerprint density at radius 3 is 2.79 bits per heavy atom. The van der Waals surface area contributed by atoms with Crippen molar-refractivity contribution < 1.29 is 14.3 Å². The van der Waals surface area contributed by atoms with Gasteiger partial charge in [0.2, 0.25) is 0 Å². The molecule has 0 saturated heterocycles. The molecule has 1 aromatic heterocycles. The Morgan fingerprint density at radius 2 is 2.04 bits per heavy atom. The molecule has 0 aliphatic carbocycles. The Labute approximate surface area is 147 Å². The number of carbonyl (C=O) groups is 1. The minimum absolute atomic E-state index is 0.364. The summed E-state index contributed by atoms with van der Waals surface area (Å²) >= 11 is 3.55. The van der Waals surface area contributed by atoms with Crippen LogP contribution in [0.15, 0.2) is 53.1 Å². The Balaban J connectivity index is 1.90. The highest BCUT2D eigenvalue weighted by atomic mass is 79.9. The maximum atomic E-state index is 11.8. The monoisotopic (exact) mass is 384 g/mol. The molecule has 2 aromatic carbocycles. The van der Waals surface area contributed by atoms with E-state index < -0.39 is 0 Å². The van der Waals surface area contributed by atoms with Crippen molar-refractivity contribution in [3.05, 3.63) is 58.7 Å². The predicted molar refractivity (Wildman–Crippen MR) is 92.8 cm³/mol. The number of benzene rings is 2. The second-order valence-corrected chi connectivity index (χ2v) is 6.10. The molecule has 0 fully saturated rings. The number of halogens is 1. The Hall–Kier alpha value is -2.60. The van der Waals surface area contributed by atoms with E-state index in [9.17, 15) is 4.79 Å². The van der Waals surface area contributed by atoms with Crippen LogP contribution in [0.1, 0.15) is 10.4 Å². The van der Waals surface area contributed by atoms with Crippen molar-refractivity contribution in [1.29, 1.82) is 0 Å². The Morgan fingerprint density at radius 1 is 1.25 bits per heavy atom. The molecular formula is C18H13BrN2O3. The molecule has 0 N–H and O–H groups in total. The number of esters is 1. The summed E-state index contributed by atoms with van der Waals surface area (Å²) in [5.74, 6) is 1.07. The van der Waals surface area contributed by atoms with Gasteiger partial charge in [0.15, 0.2) is 6.73 Å². The molecule has 3 aromatic rings. The molecule has 4 rings (SSSR count). The highest BCUT2D eigenvalue weighted by Gasteiger charge is 2.25. The van der Waals surface area contributed by atoms with Gasteiger partial charge < -0.3 is 9.47 Å². The van der Waals surface area contributed by atoms with Gasteiger partial charge in [-0.05, 0) is 34.1 Å². The fourth-order valence-corrected chi connectivity index (χ4v) is 3.45. The average Bonchev–Trinajstić information content (AvgIpc) is 2.97. The number of imidazole rings is 1. The first-order valence-electron chi connectivity index (χ1n) is 7.36. The van der Waals surface area contributed by atoms with Crippen LogP contribution in [-0.2, 0) is 11.5 Å². The van der Waals surface area contributed by atoms with Gasteiger partial charge >= 0.3 is 5.97 Å². The topological polar surface area (TPSA) is 53.3 Å². The first kappa shape index (κ1) is 15.0. The summed E-state index contributed by atoms with van der Waals surface area (Å²) in [5, 5.41) is 0. The number of ether oxygens (including phenoxy) is 2. The van der Waals surface area contributed by atoms with Crippen molar-refractivity contribution in [3.8, 4) is 28.4 Å². The van der Waals surface area contributed by atoms with Gasteiger partial charge in [0.25, 0.3) is 0 Å². The molecule has 0 unspecified atom stereocenters. The van der Waals surface area contributed by atoms with E-state index in [2.05, 4.69) is 20.9 Å². The van der Waals surface area contributed by atoms with Crippen LogP contribution < -0.4 is 4.74 Å². The van der Waals surface area contributed by atoms with E-state index in [1.807, 2.05) is 34.9 Å². The minimum Gasteiger partial charge on any atom is -0.472 e. The summed E-state index contributed by atoms with van der Waals surface area (Å²) in [6.07, 6.45) is 0. The number of rotatable bonds is 2. The zero-order chi connectivity index (χ0) is 16.7. The number of carbonyl (C=O) groups excluding carboxylic acids is 1. The van der Waals surface area contributed by atoms with Crippen molar-refractivity contribution in [2.75, 3.05) is 7.11 Å². The van der Waals surface area contributed by atoms with Crippen molar-refractivity contribution in [2.24, 2.45) is 0 Å². The van der Waals surface area contributed by atoms with Crippen LogP contribution in [0.5, 0.6) is 5.75 Å². The van der Waals surface area contributed by atoms with Crippen molar-refractivity contribution >= 4 is 21.9 Å². The molecule has 2 heterocycles. The molecule has 0 bridgehead atoms. The van der Waals surface area contributed by atoms with Gasteiger partial charge in [0.05, 0.1) is 23.9 Å². The van der Waals surface area contributed by atoms with E-state index in [0.717, 1.165) is 27.2 Å². The zero-order valence-corrected chi connectivity index (χ0v) is 14.4. The summed E-state index contributed by atoms with van der Waals surface area (Å²) < 4.78 is 13.4.